The van der Waals surface area contributed by atoms with E-state index < -0.39 is 9.84 Å². The number of aromatic nitrogens is 5. The van der Waals surface area contributed by atoms with Crippen LogP contribution in [0.1, 0.15) is 5.56 Å². The van der Waals surface area contributed by atoms with Crippen molar-refractivity contribution in [3.8, 4) is 11.4 Å². The van der Waals surface area contributed by atoms with Gasteiger partial charge in [-0.2, -0.15) is 0 Å². The van der Waals surface area contributed by atoms with Crippen LogP contribution in [-0.4, -0.2) is 65.8 Å². The van der Waals surface area contributed by atoms with Gasteiger partial charge < -0.3 is 15.2 Å². The molecule has 0 bridgehead atoms. The van der Waals surface area contributed by atoms with Crippen LogP contribution < -0.4 is 10.2 Å². The Balaban J connectivity index is 1.61. The first-order chi connectivity index (χ1) is 16.0. The molecule has 1 saturated heterocycles. The molecule has 0 radical (unpaired) electrons. The van der Waals surface area contributed by atoms with Gasteiger partial charge in [-0.15, -0.1) is 0 Å². The van der Waals surface area contributed by atoms with Gasteiger partial charge in [-0.25, -0.2) is 23.4 Å². The summed E-state index contributed by atoms with van der Waals surface area (Å²) < 4.78 is 24.2. The molecule has 0 amide bonds. The molecular weight excluding hydrogens is 438 g/mol. The molecule has 0 aromatic carbocycles. The number of H-pyrrole nitrogens is 1. The van der Waals surface area contributed by atoms with Crippen molar-refractivity contribution >= 4 is 43.2 Å². The zero-order valence-corrected chi connectivity index (χ0v) is 18.7. The van der Waals surface area contributed by atoms with E-state index in [1.54, 1.807) is 18.5 Å². The third-order valence-electron chi connectivity index (χ3n) is 6.01. The van der Waals surface area contributed by atoms with Gasteiger partial charge in [-0.1, -0.05) is 18.2 Å². The first kappa shape index (κ1) is 20.0. The molecule has 9 nitrogen and oxygen atoms in total. The summed E-state index contributed by atoms with van der Waals surface area (Å²) in [5.41, 5.74) is 4.07. The number of hydrogen-bond acceptors (Lipinski definition) is 8. The molecule has 1 fully saturated rings. The predicted molar refractivity (Wildman–Crippen MR) is 128 cm³/mol. The number of fused-ring (bicyclic) bond motifs is 2. The molecule has 1 aliphatic carbocycles. The van der Waals surface area contributed by atoms with Crippen LogP contribution in [-0.2, 0) is 9.84 Å². The number of rotatable bonds is 4. The summed E-state index contributed by atoms with van der Waals surface area (Å²) in [7, 11) is -3.41. The Morgan fingerprint density at radius 3 is 2.64 bits per heavy atom. The molecule has 0 spiro atoms. The van der Waals surface area contributed by atoms with Crippen molar-refractivity contribution in [2.45, 2.75) is 5.03 Å². The molecule has 166 valence electrons. The van der Waals surface area contributed by atoms with E-state index in [9.17, 15) is 8.42 Å². The second-order valence-electron chi connectivity index (χ2n) is 8.20. The van der Waals surface area contributed by atoms with Crippen molar-refractivity contribution in [3.05, 3.63) is 54.5 Å². The fourth-order valence-corrected chi connectivity index (χ4v) is 4.89. The largest absolute Gasteiger partial charge is 0.353 e. The van der Waals surface area contributed by atoms with Gasteiger partial charge in [0.2, 0.25) is 0 Å². The zero-order valence-electron chi connectivity index (χ0n) is 17.9. The number of nitrogens with zero attached hydrogens (tertiary/aromatic N) is 5. The Morgan fingerprint density at radius 1 is 1.09 bits per heavy atom. The van der Waals surface area contributed by atoms with Crippen LogP contribution in [0.3, 0.4) is 0 Å². The monoisotopic (exact) mass is 459 g/mol. The number of sulfone groups is 1. The Bertz CT molecular complexity index is 1580. The molecule has 10 heteroatoms. The molecule has 33 heavy (non-hydrogen) atoms. The topological polar surface area (TPSA) is 117 Å². The van der Waals surface area contributed by atoms with E-state index in [0.29, 0.717) is 16.9 Å². The predicted octanol–water partition coefficient (Wildman–Crippen LogP) is 2.33. The molecule has 5 heterocycles. The summed E-state index contributed by atoms with van der Waals surface area (Å²) in [5.74, 6) is 1.37. The SMILES string of the molecule is CS(=O)(=O)c1cc2c(-c3nc(N4CCNCC4)c4c(C5=CC=C5)cncc4n3)ccnc2[nH]1. The van der Waals surface area contributed by atoms with Gasteiger partial charge in [0.1, 0.15) is 16.5 Å². The average molecular weight is 460 g/mol. The van der Waals surface area contributed by atoms with Crippen LogP contribution in [0.5, 0.6) is 0 Å². The lowest BCUT2D eigenvalue weighted by molar-refractivity contribution is 0.586. The van der Waals surface area contributed by atoms with E-state index in [1.807, 2.05) is 18.3 Å². The van der Waals surface area contributed by atoms with E-state index in [0.717, 1.165) is 59.6 Å². The van der Waals surface area contributed by atoms with Gasteiger partial charge in [0, 0.05) is 61.3 Å². The normalized spacial score (nSPS) is 16.3. The summed E-state index contributed by atoms with van der Waals surface area (Å²) in [4.78, 5) is 23.8. The molecule has 0 atom stereocenters. The third-order valence-corrected chi connectivity index (χ3v) is 7.03. The maximum Gasteiger partial charge on any atom is 0.190 e. The molecule has 2 N–H and O–H groups in total. The van der Waals surface area contributed by atoms with E-state index in [4.69, 9.17) is 9.97 Å². The average Bonchev–Trinajstić information content (AvgIpc) is 3.23. The number of allylic oxidation sites excluding steroid dienone is 4. The van der Waals surface area contributed by atoms with Crippen LogP contribution in [0.15, 0.2) is 54.0 Å². The lowest BCUT2D eigenvalue weighted by Crippen LogP contribution is -2.44. The van der Waals surface area contributed by atoms with Crippen molar-refractivity contribution in [3.63, 3.8) is 0 Å². The van der Waals surface area contributed by atoms with Crippen LogP contribution >= 0.6 is 0 Å². The second kappa shape index (κ2) is 7.46. The zero-order chi connectivity index (χ0) is 22.6. The Hall–Kier alpha value is -3.63. The Labute approximate surface area is 190 Å². The molecule has 0 unspecified atom stereocenters. The summed E-state index contributed by atoms with van der Waals surface area (Å²) in [6, 6.07) is 3.42. The van der Waals surface area contributed by atoms with Crippen molar-refractivity contribution in [1.82, 2.24) is 30.2 Å². The maximum atomic E-state index is 12.1. The van der Waals surface area contributed by atoms with Crippen LogP contribution in [0.25, 0.3) is 38.9 Å². The molecular formula is C23H21N7O2S. The minimum Gasteiger partial charge on any atom is -0.353 e. The van der Waals surface area contributed by atoms with E-state index in [-0.39, 0.29) is 5.03 Å². The fraction of sp³-hybridized carbons (Fsp3) is 0.217. The highest BCUT2D eigenvalue weighted by Crippen LogP contribution is 2.36. The highest BCUT2D eigenvalue weighted by molar-refractivity contribution is 7.90. The quantitative estimate of drug-likeness (QED) is 0.478. The number of nitrogens with one attached hydrogen (secondary N) is 2. The lowest BCUT2D eigenvalue weighted by Gasteiger charge is -2.30. The first-order valence-corrected chi connectivity index (χ1v) is 12.6. The summed E-state index contributed by atoms with van der Waals surface area (Å²) in [6.45, 7) is 3.41. The van der Waals surface area contributed by atoms with Crippen LogP contribution in [0.2, 0.25) is 0 Å². The lowest BCUT2D eigenvalue weighted by atomic mass is 9.97. The van der Waals surface area contributed by atoms with Gasteiger partial charge in [0.25, 0.3) is 0 Å². The minimum atomic E-state index is -3.41. The van der Waals surface area contributed by atoms with Crippen molar-refractivity contribution in [2.24, 2.45) is 0 Å². The Morgan fingerprint density at radius 2 is 1.91 bits per heavy atom. The molecule has 4 aromatic rings. The van der Waals surface area contributed by atoms with Crippen molar-refractivity contribution < 1.29 is 8.42 Å². The molecule has 6 rings (SSSR count). The number of piperazine rings is 1. The van der Waals surface area contributed by atoms with Gasteiger partial charge in [0.05, 0.1) is 17.1 Å². The minimum absolute atomic E-state index is 0.119. The number of aromatic amines is 1. The van der Waals surface area contributed by atoms with E-state index in [1.165, 1.54) is 6.26 Å². The molecule has 4 aromatic heterocycles. The smallest absolute Gasteiger partial charge is 0.190 e. The Kier molecular flexibility index (Phi) is 4.52. The number of hydrogen-bond donors (Lipinski definition) is 2. The molecule has 2 aliphatic rings. The van der Waals surface area contributed by atoms with Crippen molar-refractivity contribution in [1.29, 1.82) is 0 Å². The number of pyridine rings is 2. The maximum absolute atomic E-state index is 12.1. The summed E-state index contributed by atoms with van der Waals surface area (Å²) >= 11 is 0. The van der Waals surface area contributed by atoms with E-state index >= 15 is 0 Å². The van der Waals surface area contributed by atoms with Crippen LogP contribution in [0, 0.1) is 0 Å². The van der Waals surface area contributed by atoms with Gasteiger partial charge in [0.15, 0.2) is 15.7 Å². The van der Waals surface area contributed by atoms with Gasteiger partial charge in [-0.3, -0.25) is 4.98 Å². The van der Waals surface area contributed by atoms with Crippen molar-refractivity contribution in [2.75, 3.05) is 37.3 Å². The third kappa shape index (κ3) is 3.38. The van der Waals surface area contributed by atoms with E-state index in [2.05, 4.69) is 37.3 Å². The first-order valence-electron chi connectivity index (χ1n) is 10.7. The molecule has 0 saturated carbocycles. The van der Waals surface area contributed by atoms with Crippen LogP contribution in [0.4, 0.5) is 5.82 Å². The van der Waals surface area contributed by atoms with Gasteiger partial charge in [-0.05, 0) is 17.7 Å². The number of anilines is 1. The standard InChI is InChI=1S/C23H21N7O2S/c1-33(31,32)19-11-16-15(5-6-26-21(16)28-19)22-27-18-13-25-12-17(14-3-2-4-14)20(18)23(29-22)30-9-7-24-8-10-30/h2-6,11-13,24H,7-10H2,1H3,(H,26,28). The second-order valence-corrected chi connectivity index (χ2v) is 10.2. The molecule has 1 aliphatic heterocycles. The van der Waals surface area contributed by atoms with Gasteiger partial charge >= 0.3 is 0 Å². The summed E-state index contributed by atoms with van der Waals surface area (Å²) in [6.07, 6.45) is 12.6. The summed E-state index contributed by atoms with van der Waals surface area (Å²) in [5, 5.41) is 5.15. The highest BCUT2D eigenvalue weighted by atomic mass is 32.2. The fourth-order valence-electron chi connectivity index (χ4n) is 4.28. The highest BCUT2D eigenvalue weighted by Gasteiger charge is 2.23.